The topological polar surface area (TPSA) is 79.2 Å². The first kappa shape index (κ1) is 17.0. The van der Waals surface area contributed by atoms with Gasteiger partial charge in [0.15, 0.2) is 0 Å². The van der Waals surface area contributed by atoms with Crippen LogP contribution in [0.25, 0.3) is 0 Å². The van der Waals surface area contributed by atoms with E-state index >= 15 is 0 Å². The number of aromatic nitrogens is 2. The second-order valence-corrected chi connectivity index (χ2v) is 5.83. The standard InChI is InChI=1S/C17H24N4O2/c1-12(2)21-9-8-18-16(21)10-19-15-6-4-14(5-7-15)17(23)20-13(3)11-22/h4-9,12-13,19,22H,10-11H2,1-3H3,(H,20,23). The summed E-state index contributed by atoms with van der Waals surface area (Å²) in [7, 11) is 0. The molecule has 0 spiro atoms. The third-order valence-electron chi connectivity index (χ3n) is 3.55. The van der Waals surface area contributed by atoms with E-state index in [1.54, 1.807) is 25.3 Å². The van der Waals surface area contributed by atoms with Gasteiger partial charge in [-0.1, -0.05) is 0 Å². The quantitative estimate of drug-likeness (QED) is 0.731. The van der Waals surface area contributed by atoms with Gasteiger partial charge in [0.2, 0.25) is 0 Å². The summed E-state index contributed by atoms with van der Waals surface area (Å²) in [6.45, 7) is 6.54. The molecule has 124 valence electrons. The number of hydrogen-bond acceptors (Lipinski definition) is 4. The predicted molar refractivity (Wildman–Crippen MR) is 90.4 cm³/mol. The summed E-state index contributed by atoms with van der Waals surface area (Å²) in [4.78, 5) is 16.3. The van der Waals surface area contributed by atoms with Gasteiger partial charge in [0.05, 0.1) is 13.2 Å². The van der Waals surface area contributed by atoms with Gasteiger partial charge in [0, 0.05) is 35.7 Å². The number of imidazole rings is 1. The van der Waals surface area contributed by atoms with Crippen LogP contribution in [0.2, 0.25) is 0 Å². The Morgan fingerprint density at radius 3 is 2.57 bits per heavy atom. The predicted octanol–water partition coefficient (Wildman–Crippen LogP) is 2.19. The molecule has 1 amide bonds. The summed E-state index contributed by atoms with van der Waals surface area (Å²) in [5, 5.41) is 15.0. The molecule has 0 bridgehead atoms. The molecule has 0 saturated heterocycles. The average molecular weight is 316 g/mol. The van der Waals surface area contributed by atoms with E-state index < -0.39 is 0 Å². The number of carbonyl (C=O) groups is 1. The largest absolute Gasteiger partial charge is 0.394 e. The van der Waals surface area contributed by atoms with Crippen molar-refractivity contribution in [2.45, 2.75) is 39.4 Å². The van der Waals surface area contributed by atoms with Gasteiger partial charge >= 0.3 is 0 Å². The number of benzene rings is 1. The Balaban J connectivity index is 1.95. The third-order valence-corrected chi connectivity index (χ3v) is 3.55. The molecule has 2 rings (SSSR count). The van der Waals surface area contributed by atoms with Crippen LogP contribution in [0.1, 0.15) is 43.0 Å². The Bertz CT molecular complexity index is 634. The van der Waals surface area contributed by atoms with E-state index in [2.05, 4.69) is 34.0 Å². The molecule has 6 heteroatoms. The fourth-order valence-electron chi connectivity index (χ4n) is 2.22. The van der Waals surface area contributed by atoms with Crippen molar-refractivity contribution < 1.29 is 9.90 Å². The Morgan fingerprint density at radius 1 is 1.26 bits per heavy atom. The van der Waals surface area contributed by atoms with Crippen LogP contribution in [0.15, 0.2) is 36.7 Å². The van der Waals surface area contributed by atoms with Gasteiger partial charge in [-0.05, 0) is 45.0 Å². The lowest BCUT2D eigenvalue weighted by Gasteiger charge is -2.13. The SMILES string of the molecule is CC(CO)NC(=O)c1ccc(NCc2nccn2C(C)C)cc1. The van der Waals surface area contributed by atoms with E-state index in [-0.39, 0.29) is 18.6 Å². The zero-order chi connectivity index (χ0) is 16.8. The molecule has 1 aromatic heterocycles. The molecular formula is C17H24N4O2. The molecule has 1 atom stereocenters. The van der Waals surface area contributed by atoms with Crippen molar-refractivity contribution in [3.05, 3.63) is 48.0 Å². The lowest BCUT2D eigenvalue weighted by Crippen LogP contribution is -2.34. The van der Waals surface area contributed by atoms with Crippen LogP contribution in [0.3, 0.4) is 0 Å². The summed E-state index contributed by atoms with van der Waals surface area (Å²) in [6.07, 6.45) is 3.77. The van der Waals surface area contributed by atoms with Crippen molar-refractivity contribution in [1.82, 2.24) is 14.9 Å². The van der Waals surface area contributed by atoms with Gasteiger partial charge < -0.3 is 20.3 Å². The Morgan fingerprint density at radius 2 is 1.96 bits per heavy atom. The summed E-state index contributed by atoms with van der Waals surface area (Å²) in [5.41, 5.74) is 1.49. The molecule has 23 heavy (non-hydrogen) atoms. The number of aliphatic hydroxyl groups is 1. The molecule has 0 aliphatic heterocycles. The molecule has 3 N–H and O–H groups in total. The van der Waals surface area contributed by atoms with E-state index in [9.17, 15) is 4.79 Å². The molecule has 0 aliphatic carbocycles. The van der Waals surface area contributed by atoms with Crippen LogP contribution < -0.4 is 10.6 Å². The third kappa shape index (κ3) is 4.56. The number of nitrogens with zero attached hydrogens (tertiary/aromatic N) is 2. The molecule has 6 nitrogen and oxygen atoms in total. The Kier molecular flexibility index (Phi) is 5.76. The Hall–Kier alpha value is -2.34. The van der Waals surface area contributed by atoms with Gasteiger partial charge in [-0.3, -0.25) is 4.79 Å². The minimum Gasteiger partial charge on any atom is -0.394 e. The van der Waals surface area contributed by atoms with Crippen LogP contribution in [-0.2, 0) is 6.54 Å². The summed E-state index contributed by atoms with van der Waals surface area (Å²) in [5.74, 6) is 0.784. The highest BCUT2D eigenvalue weighted by atomic mass is 16.3. The van der Waals surface area contributed by atoms with Gasteiger partial charge in [-0.25, -0.2) is 4.98 Å². The number of carbonyl (C=O) groups excluding carboxylic acids is 1. The second kappa shape index (κ2) is 7.78. The molecule has 0 saturated carbocycles. The molecule has 2 aromatic rings. The highest BCUT2D eigenvalue weighted by Gasteiger charge is 2.09. The van der Waals surface area contributed by atoms with Gasteiger partial charge in [0.25, 0.3) is 5.91 Å². The van der Waals surface area contributed by atoms with E-state index in [0.29, 0.717) is 18.2 Å². The number of hydrogen-bond donors (Lipinski definition) is 3. The van der Waals surface area contributed by atoms with Crippen LogP contribution >= 0.6 is 0 Å². The van der Waals surface area contributed by atoms with Crippen molar-refractivity contribution in [1.29, 1.82) is 0 Å². The lowest BCUT2D eigenvalue weighted by atomic mass is 10.2. The van der Waals surface area contributed by atoms with Gasteiger partial charge in [-0.2, -0.15) is 0 Å². The first-order valence-electron chi connectivity index (χ1n) is 7.78. The van der Waals surface area contributed by atoms with Gasteiger partial charge in [0.1, 0.15) is 5.82 Å². The molecular weight excluding hydrogens is 292 g/mol. The van der Waals surface area contributed by atoms with E-state index in [4.69, 9.17) is 5.11 Å². The number of amides is 1. The number of nitrogens with one attached hydrogen (secondary N) is 2. The first-order chi connectivity index (χ1) is 11.0. The average Bonchev–Trinajstić information content (AvgIpc) is 3.02. The fraction of sp³-hybridized carbons (Fsp3) is 0.412. The molecule has 0 fully saturated rings. The Labute approximate surface area is 136 Å². The molecule has 0 radical (unpaired) electrons. The van der Waals surface area contributed by atoms with Crippen molar-refractivity contribution >= 4 is 11.6 Å². The van der Waals surface area contributed by atoms with Crippen molar-refractivity contribution in [3.63, 3.8) is 0 Å². The normalized spacial score (nSPS) is 12.2. The maximum Gasteiger partial charge on any atom is 0.251 e. The summed E-state index contributed by atoms with van der Waals surface area (Å²) in [6, 6.07) is 7.36. The number of anilines is 1. The molecule has 0 aliphatic rings. The van der Waals surface area contributed by atoms with Crippen molar-refractivity contribution in [2.24, 2.45) is 0 Å². The van der Waals surface area contributed by atoms with Crippen LogP contribution in [0.4, 0.5) is 5.69 Å². The maximum absolute atomic E-state index is 11.9. The highest BCUT2D eigenvalue weighted by molar-refractivity contribution is 5.94. The minimum absolute atomic E-state index is 0.0755. The van der Waals surface area contributed by atoms with Crippen LogP contribution in [-0.4, -0.2) is 33.2 Å². The molecule has 1 aromatic carbocycles. The van der Waals surface area contributed by atoms with E-state index in [1.807, 2.05) is 18.3 Å². The fourth-order valence-corrected chi connectivity index (χ4v) is 2.22. The number of aliphatic hydroxyl groups excluding tert-OH is 1. The molecule has 1 heterocycles. The van der Waals surface area contributed by atoms with Crippen molar-refractivity contribution in [3.8, 4) is 0 Å². The lowest BCUT2D eigenvalue weighted by molar-refractivity contribution is 0.0922. The van der Waals surface area contributed by atoms with E-state index in [1.165, 1.54) is 0 Å². The monoisotopic (exact) mass is 316 g/mol. The summed E-state index contributed by atoms with van der Waals surface area (Å²) >= 11 is 0. The number of rotatable bonds is 7. The van der Waals surface area contributed by atoms with Crippen LogP contribution in [0, 0.1) is 0 Å². The summed E-state index contributed by atoms with van der Waals surface area (Å²) < 4.78 is 2.12. The smallest absolute Gasteiger partial charge is 0.251 e. The van der Waals surface area contributed by atoms with Crippen LogP contribution in [0.5, 0.6) is 0 Å². The first-order valence-corrected chi connectivity index (χ1v) is 7.78. The second-order valence-electron chi connectivity index (χ2n) is 5.83. The molecule has 1 unspecified atom stereocenters. The zero-order valence-electron chi connectivity index (χ0n) is 13.8. The van der Waals surface area contributed by atoms with Gasteiger partial charge in [-0.15, -0.1) is 0 Å². The maximum atomic E-state index is 11.9. The highest BCUT2D eigenvalue weighted by Crippen LogP contribution is 2.13. The van der Waals surface area contributed by atoms with Crippen molar-refractivity contribution in [2.75, 3.05) is 11.9 Å². The minimum atomic E-state index is -0.254. The zero-order valence-corrected chi connectivity index (χ0v) is 13.8. The van der Waals surface area contributed by atoms with E-state index in [0.717, 1.165) is 11.5 Å².